The Labute approximate surface area is 122 Å². The molecule has 0 amide bonds. The van der Waals surface area contributed by atoms with E-state index in [1.54, 1.807) is 19.2 Å². The Balaban J connectivity index is 0.000000956. The van der Waals surface area contributed by atoms with Gasteiger partial charge in [0.1, 0.15) is 11.5 Å². The standard InChI is InChI=1S/C16H18O2.C2H6/c1-16(2,12-4-8-14(17)9-5-12)13-6-10-15(18-3)11-7-13;1-2/h4-11,17H,1-3H3;1-2H3. The molecule has 20 heavy (non-hydrogen) atoms. The molecule has 0 fully saturated rings. The Hall–Kier alpha value is -1.96. The number of phenolic OH excluding ortho intramolecular Hbond substituents is 1. The third-order valence-corrected chi connectivity index (χ3v) is 3.40. The summed E-state index contributed by atoms with van der Waals surface area (Å²) in [4.78, 5) is 0. The van der Waals surface area contributed by atoms with Crippen molar-refractivity contribution in [1.82, 2.24) is 0 Å². The van der Waals surface area contributed by atoms with Crippen molar-refractivity contribution in [2.24, 2.45) is 0 Å². The van der Waals surface area contributed by atoms with Gasteiger partial charge in [0.2, 0.25) is 0 Å². The Kier molecular flexibility index (Phi) is 5.63. The summed E-state index contributed by atoms with van der Waals surface area (Å²) in [6, 6.07) is 15.5. The zero-order chi connectivity index (χ0) is 15.2. The van der Waals surface area contributed by atoms with Crippen LogP contribution in [0.5, 0.6) is 11.5 Å². The van der Waals surface area contributed by atoms with Crippen molar-refractivity contribution in [2.45, 2.75) is 33.1 Å². The molecule has 2 aromatic rings. The van der Waals surface area contributed by atoms with Crippen molar-refractivity contribution in [3.05, 3.63) is 59.7 Å². The number of hydrogen-bond acceptors (Lipinski definition) is 2. The van der Waals surface area contributed by atoms with Gasteiger partial charge in [-0.05, 0) is 35.4 Å². The van der Waals surface area contributed by atoms with E-state index in [-0.39, 0.29) is 5.41 Å². The van der Waals surface area contributed by atoms with Gasteiger partial charge in [-0.3, -0.25) is 0 Å². The van der Waals surface area contributed by atoms with E-state index in [4.69, 9.17) is 4.74 Å². The maximum absolute atomic E-state index is 9.34. The number of aromatic hydroxyl groups is 1. The van der Waals surface area contributed by atoms with Gasteiger partial charge in [-0.15, -0.1) is 0 Å². The van der Waals surface area contributed by atoms with Crippen molar-refractivity contribution in [3.8, 4) is 11.5 Å². The van der Waals surface area contributed by atoms with Crippen molar-refractivity contribution in [3.63, 3.8) is 0 Å². The third kappa shape index (κ3) is 3.53. The van der Waals surface area contributed by atoms with Crippen molar-refractivity contribution < 1.29 is 9.84 Å². The lowest BCUT2D eigenvalue weighted by molar-refractivity contribution is 0.414. The van der Waals surface area contributed by atoms with Crippen molar-refractivity contribution in [2.75, 3.05) is 7.11 Å². The van der Waals surface area contributed by atoms with E-state index in [0.29, 0.717) is 5.75 Å². The lowest BCUT2D eigenvalue weighted by Crippen LogP contribution is -2.18. The summed E-state index contributed by atoms with van der Waals surface area (Å²) in [5.74, 6) is 1.16. The Morgan fingerprint density at radius 1 is 0.800 bits per heavy atom. The minimum atomic E-state index is -0.0973. The predicted molar refractivity (Wildman–Crippen MR) is 84.6 cm³/mol. The van der Waals surface area contributed by atoms with Gasteiger partial charge in [0.15, 0.2) is 0 Å². The highest BCUT2D eigenvalue weighted by molar-refractivity contribution is 5.41. The molecular formula is C18H24O2. The molecule has 0 aliphatic heterocycles. The highest BCUT2D eigenvalue weighted by atomic mass is 16.5. The Morgan fingerprint density at radius 3 is 1.60 bits per heavy atom. The molecule has 2 heteroatoms. The van der Waals surface area contributed by atoms with Crippen LogP contribution in [0.25, 0.3) is 0 Å². The van der Waals surface area contributed by atoms with E-state index < -0.39 is 0 Å². The molecule has 2 rings (SSSR count). The predicted octanol–water partition coefficient (Wildman–Crippen LogP) is 4.75. The molecule has 0 aliphatic rings. The Bertz CT molecular complexity index is 510. The maximum atomic E-state index is 9.34. The fourth-order valence-electron chi connectivity index (χ4n) is 2.05. The quantitative estimate of drug-likeness (QED) is 0.873. The van der Waals surface area contributed by atoms with Gasteiger partial charge < -0.3 is 9.84 Å². The summed E-state index contributed by atoms with van der Waals surface area (Å²) in [6.45, 7) is 8.34. The largest absolute Gasteiger partial charge is 0.508 e. The molecule has 2 nitrogen and oxygen atoms in total. The van der Waals surface area contributed by atoms with Crippen molar-refractivity contribution >= 4 is 0 Å². The summed E-state index contributed by atoms with van der Waals surface area (Å²) in [7, 11) is 1.67. The molecule has 0 spiro atoms. The zero-order valence-electron chi connectivity index (χ0n) is 13.0. The number of hydrogen-bond donors (Lipinski definition) is 1. The van der Waals surface area contributed by atoms with Crippen molar-refractivity contribution in [1.29, 1.82) is 0 Å². The second-order valence-corrected chi connectivity index (χ2v) is 4.90. The number of phenols is 1. The van der Waals surface area contributed by atoms with Crippen LogP contribution in [0.4, 0.5) is 0 Å². The van der Waals surface area contributed by atoms with E-state index in [1.807, 2.05) is 38.1 Å². The molecule has 2 aromatic carbocycles. The van der Waals surface area contributed by atoms with Crippen LogP contribution in [0.2, 0.25) is 0 Å². The van der Waals surface area contributed by atoms with E-state index in [2.05, 4.69) is 26.0 Å². The lowest BCUT2D eigenvalue weighted by atomic mass is 9.78. The monoisotopic (exact) mass is 272 g/mol. The molecule has 0 saturated heterocycles. The zero-order valence-corrected chi connectivity index (χ0v) is 13.0. The molecule has 0 aliphatic carbocycles. The summed E-state index contributed by atoms with van der Waals surface area (Å²) in [6.07, 6.45) is 0. The number of benzene rings is 2. The van der Waals surface area contributed by atoms with Crippen LogP contribution in [0.15, 0.2) is 48.5 Å². The third-order valence-electron chi connectivity index (χ3n) is 3.40. The molecule has 0 heterocycles. The van der Waals surface area contributed by atoms with Gasteiger partial charge in [0, 0.05) is 5.41 Å². The molecule has 1 N–H and O–H groups in total. The van der Waals surface area contributed by atoms with Crippen LogP contribution in [-0.4, -0.2) is 12.2 Å². The van der Waals surface area contributed by atoms with Crippen LogP contribution in [-0.2, 0) is 5.41 Å². The minimum Gasteiger partial charge on any atom is -0.508 e. The number of ether oxygens (including phenoxy) is 1. The molecule has 0 saturated carbocycles. The van der Waals surface area contributed by atoms with Crippen LogP contribution < -0.4 is 4.74 Å². The number of methoxy groups -OCH3 is 1. The van der Waals surface area contributed by atoms with Gasteiger partial charge in [-0.2, -0.15) is 0 Å². The summed E-state index contributed by atoms with van der Waals surface area (Å²) in [5, 5.41) is 9.34. The molecule has 0 bridgehead atoms. The van der Waals surface area contributed by atoms with Gasteiger partial charge in [0.05, 0.1) is 7.11 Å². The highest BCUT2D eigenvalue weighted by Crippen LogP contribution is 2.33. The van der Waals surface area contributed by atoms with E-state index in [1.165, 1.54) is 11.1 Å². The van der Waals surface area contributed by atoms with E-state index >= 15 is 0 Å². The van der Waals surface area contributed by atoms with Gasteiger partial charge in [0.25, 0.3) is 0 Å². The van der Waals surface area contributed by atoms with E-state index in [9.17, 15) is 5.11 Å². The lowest BCUT2D eigenvalue weighted by Gasteiger charge is -2.26. The van der Waals surface area contributed by atoms with Gasteiger partial charge in [-0.1, -0.05) is 52.0 Å². The van der Waals surface area contributed by atoms with E-state index in [0.717, 1.165) is 5.75 Å². The molecule has 0 radical (unpaired) electrons. The topological polar surface area (TPSA) is 29.5 Å². The summed E-state index contributed by atoms with van der Waals surface area (Å²) >= 11 is 0. The Morgan fingerprint density at radius 2 is 1.20 bits per heavy atom. The first kappa shape index (κ1) is 16.1. The molecule has 108 valence electrons. The smallest absolute Gasteiger partial charge is 0.118 e. The van der Waals surface area contributed by atoms with Crippen LogP contribution >= 0.6 is 0 Å². The second-order valence-electron chi connectivity index (χ2n) is 4.90. The van der Waals surface area contributed by atoms with Crippen LogP contribution in [0.1, 0.15) is 38.8 Å². The van der Waals surface area contributed by atoms with Gasteiger partial charge in [-0.25, -0.2) is 0 Å². The maximum Gasteiger partial charge on any atom is 0.118 e. The van der Waals surface area contributed by atoms with Gasteiger partial charge >= 0.3 is 0 Å². The fraction of sp³-hybridized carbons (Fsp3) is 0.333. The summed E-state index contributed by atoms with van der Waals surface area (Å²) < 4.78 is 5.17. The molecule has 0 unspecified atom stereocenters. The molecule has 0 atom stereocenters. The molecular weight excluding hydrogens is 248 g/mol. The average Bonchev–Trinajstić information content (AvgIpc) is 2.50. The average molecular weight is 272 g/mol. The summed E-state index contributed by atoms with van der Waals surface area (Å²) in [5.41, 5.74) is 2.29. The highest BCUT2D eigenvalue weighted by Gasteiger charge is 2.22. The fourth-order valence-corrected chi connectivity index (χ4v) is 2.05. The first-order valence-electron chi connectivity index (χ1n) is 6.98. The minimum absolute atomic E-state index is 0.0973. The second kappa shape index (κ2) is 6.99. The molecule has 0 aromatic heterocycles. The SMILES string of the molecule is CC.COc1ccc(C(C)(C)c2ccc(O)cc2)cc1. The van der Waals surface area contributed by atoms with Crippen LogP contribution in [0.3, 0.4) is 0 Å². The first-order chi connectivity index (χ1) is 9.54. The first-order valence-corrected chi connectivity index (χ1v) is 6.98. The normalized spacial score (nSPS) is 10.4. The van der Waals surface area contributed by atoms with Crippen LogP contribution in [0, 0.1) is 0 Å². The number of rotatable bonds is 3.